The van der Waals surface area contributed by atoms with Crippen molar-refractivity contribution in [3.63, 3.8) is 0 Å². The molecule has 8 nitrogen and oxygen atoms in total. The van der Waals surface area contributed by atoms with Crippen molar-refractivity contribution in [3.05, 3.63) is 80.1 Å². The number of likely N-dealkylation sites (N-methyl/N-ethyl adjacent to an activating group) is 1. The molecule has 1 aromatic heterocycles. The molecule has 2 atom stereocenters. The van der Waals surface area contributed by atoms with Gasteiger partial charge in [0.2, 0.25) is 5.91 Å². The van der Waals surface area contributed by atoms with E-state index in [9.17, 15) is 59.0 Å². The van der Waals surface area contributed by atoms with Gasteiger partial charge in [-0.15, -0.1) is 0 Å². The predicted molar refractivity (Wildman–Crippen MR) is 177 cm³/mol. The largest absolute Gasteiger partial charge is 0.480 e. The second-order valence-electron chi connectivity index (χ2n) is 14.2. The van der Waals surface area contributed by atoms with Crippen molar-refractivity contribution >= 4 is 22.8 Å². The summed E-state index contributed by atoms with van der Waals surface area (Å²) in [5, 5.41) is 11.8. The number of hydrogen-bond acceptors (Lipinski definition) is 5. The van der Waals surface area contributed by atoms with Crippen molar-refractivity contribution in [2.75, 3.05) is 40.3 Å². The summed E-state index contributed by atoms with van der Waals surface area (Å²) in [6.45, 7) is -2.31. The summed E-state index contributed by atoms with van der Waals surface area (Å²) in [6, 6.07) is 7.10. The molecule has 1 fully saturated rings. The van der Waals surface area contributed by atoms with Crippen LogP contribution in [0.1, 0.15) is 58.6 Å². The first kappa shape index (κ1) is 40.1. The molecule has 1 aliphatic heterocycles. The van der Waals surface area contributed by atoms with E-state index in [4.69, 9.17) is 0 Å². The molecule has 0 unspecified atom stereocenters. The topological polar surface area (TPSA) is 94.9 Å². The third-order valence-electron chi connectivity index (χ3n) is 10.5. The van der Waals surface area contributed by atoms with Crippen LogP contribution in [-0.2, 0) is 42.1 Å². The van der Waals surface area contributed by atoms with E-state index >= 15 is 0 Å². The van der Waals surface area contributed by atoms with Crippen LogP contribution in [0.15, 0.2) is 41.2 Å². The van der Waals surface area contributed by atoms with Crippen LogP contribution < -0.4 is 10.9 Å². The molecular formula is C36H39F9N4O4. The van der Waals surface area contributed by atoms with Crippen LogP contribution in [-0.4, -0.2) is 90.0 Å². The van der Waals surface area contributed by atoms with Crippen LogP contribution in [0.5, 0.6) is 0 Å². The van der Waals surface area contributed by atoms with Gasteiger partial charge in [-0.2, -0.15) is 39.5 Å². The monoisotopic (exact) mass is 762 g/mol. The Labute approximate surface area is 298 Å². The number of rotatable bonds is 10. The number of piperidine rings is 1. The van der Waals surface area contributed by atoms with Crippen LogP contribution in [0.4, 0.5) is 39.5 Å². The third-order valence-corrected chi connectivity index (χ3v) is 10.5. The average Bonchev–Trinajstić information content (AvgIpc) is 3.48. The van der Waals surface area contributed by atoms with E-state index in [0.717, 1.165) is 9.47 Å². The number of benzene rings is 2. The van der Waals surface area contributed by atoms with Crippen molar-refractivity contribution in [3.8, 4) is 0 Å². The van der Waals surface area contributed by atoms with Gasteiger partial charge >= 0.3 is 24.5 Å². The Morgan fingerprint density at radius 2 is 1.68 bits per heavy atom. The lowest BCUT2D eigenvalue weighted by Crippen LogP contribution is -2.59. The van der Waals surface area contributed by atoms with Crippen molar-refractivity contribution < 1.29 is 54.2 Å². The Hall–Kier alpha value is -4.12. The summed E-state index contributed by atoms with van der Waals surface area (Å²) in [7, 11) is 5.04. The minimum absolute atomic E-state index is 0.0478. The van der Waals surface area contributed by atoms with Crippen LogP contribution in [0, 0.1) is 5.41 Å². The first-order chi connectivity index (χ1) is 24.5. The van der Waals surface area contributed by atoms with Gasteiger partial charge in [-0.3, -0.25) is 14.5 Å². The maximum absolute atomic E-state index is 15.0. The third kappa shape index (κ3) is 8.20. The number of carbonyl (C=O) groups is 2. The fourth-order valence-corrected chi connectivity index (χ4v) is 7.68. The summed E-state index contributed by atoms with van der Waals surface area (Å²) in [4.78, 5) is 42.0. The standard InChI is InChI=1S/C36H39F9N4O4/c1-47(2)14-11-20-7-10-27-25(17-20)29(35(40,41)42)28(30(50)48(27)3)24-9-8-22-21(5-4-6-23(22)24)18-26(31(51)52)46-32(53)33(36(43,44)45)12-15-49(16-13-33)19-34(37,38)39/h4-7,10,17,24,26H,8-9,11-16,18-19H2,1-3H3,(H,46,53)(H,51,52)/t24-,26-/m0/s1. The number of hydrogen-bond donors (Lipinski definition) is 2. The number of halogens is 9. The van der Waals surface area contributed by atoms with Gasteiger partial charge in [0.15, 0.2) is 0 Å². The summed E-state index contributed by atoms with van der Waals surface area (Å²) < 4.78 is 128. The molecule has 1 saturated heterocycles. The SMILES string of the molecule is CN(C)CCc1ccc2c(c1)c(C(F)(F)F)c([C@H]1CCc3c(C[C@H](NC(=O)C4(C(F)(F)F)CCN(CC(F)(F)F)CC4)C(=O)O)cccc31)c(=O)n2C. The highest BCUT2D eigenvalue weighted by atomic mass is 19.4. The Kier molecular flexibility index (Phi) is 11.0. The van der Waals surface area contributed by atoms with Crippen LogP contribution in [0.3, 0.4) is 0 Å². The number of carboxylic acid groups (broad SMARTS) is 1. The van der Waals surface area contributed by atoms with Gasteiger partial charge in [0.05, 0.1) is 17.6 Å². The van der Waals surface area contributed by atoms with Gasteiger partial charge in [-0.05, 0) is 93.7 Å². The van der Waals surface area contributed by atoms with Crippen molar-refractivity contribution in [2.24, 2.45) is 12.5 Å². The highest BCUT2D eigenvalue weighted by Crippen LogP contribution is 2.48. The zero-order valence-corrected chi connectivity index (χ0v) is 29.1. The lowest BCUT2D eigenvalue weighted by molar-refractivity contribution is -0.236. The number of amides is 1. The second kappa shape index (κ2) is 14.6. The van der Waals surface area contributed by atoms with Gasteiger partial charge in [-0.25, -0.2) is 4.79 Å². The fraction of sp³-hybridized carbons (Fsp3) is 0.528. The van der Waals surface area contributed by atoms with Gasteiger partial charge < -0.3 is 19.9 Å². The molecule has 290 valence electrons. The molecule has 17 heteroatoms. The smallest absolute Gasteiger partial charge is 0.417 e. The van der Waals surface area contributed by atoms with E-state index < -0.39 is 103 Å². The number of nitrogens with one attached hydrogen (secondary N) is 1. The molecule has 5 rings (SSSR count). The summed E-state index contributed by atoms with van der Waals surface area (Å²) >= 11 is 0. The van der Waals surface area contributed by atoms with Gasteiger partial charge in [-0.1, -0.05) is 24.3 Å². The first-order valence-electron chi connectivity index (χ1n) is 16.9. The maximum atomic E-state index is 15.0. The number of carboxylic acids is 1. The molecule has 0 bridgehead atoms. The number of carbonyl (C=O) groups excluding carboxylic acids is 1. The molecule has 2 aromatic carbocycles. The lowest BCUT2D eigenvalue weighted by Gasteiger charge is -2.42. The van der Waals surface area contributed by atoms with E-state index in [1.165, 1.54) is 37.4 Å². The van der Waals surface area contributed by atoms with Crippen molar-refractivity contribution in [1.29, 1.82) is 0 Å². The summed E-state index contributed by atoms with van der Waals surface area (Å²) in [5.74, 6) is -4.43. The summed E-state index contributed by atoms with van der Waals surface area (Å²) in [6.07, 6.45) is -16.8. The van der Waals surface area contributed by atoms with E-state index in [1.807, 2.05) is 24.3 Å². The molecule has 3 aromatic rings. The average molecular weight is 763 g/mol. The second-order valence-corrected chi connectivity index (χ2v) is 14.2. The van der Waals surface area contributed by atoms with Crippen LogP contribution in [0.2, 0.25) is 0 Å². The minimum Gasteiger partial charge on any atom is -0.480 e. The molecule has 1 amide bonds. The number of fused-ring (bicyclic) bond motifs is 2. The Bertz CT molecular complexity index is 1930. The number of alkyl halides is 9. The lowest BCUT2D eigenvalue weighted by atomic mass is 9.76. The number of aryl methyl sites for hydroxylation is 1. The highest BCUT2D eigenvalue weighted by molar-refractivity contribution is 5.88. The number of pyridine rings is 1. The van der Waals surface area contributed by atoms with E-state index in [2.05, 4.69) is 0 Å². The molecule has 2 heterocycles. The molecule has 2 aliphatic rings. The molecule has 2 N–H and O–H groups in total. The Morgan fingerprint density at radius 1 is 1.02 bits per heavy atom. The fourth-order valence-electron chi connectivity index (χ4n) is 7.68. The zero-order chi connectivity index (χ0) is 39.3. The van der Waals surface area contributed by atoms with E-state index in [0.29, 0.717) is 29.7 Å². The molecule has 1 aliphatic carbocycles. The molecule has 0 radical (unpaired) electrons. The normalized spacial score (nSPS) is 18.7. The van der Waals surface area contributed by atoms with Crippen molar-refractivity contribution in [2.45, 2.75) is 69.0 Å². The number of nitrogens with zero attached hydrogens (tertiary/aromatic N) is 3. The molecule has 0 saturated carbocycles. The maximum Gasteiger partial charge on any atom is 0.417 e. The number of likely N-dealkylation sites (tertiary alicyclic amines) is 1. The number of aliphatic carboxylic acids is 1. The molecule has 0 spiro atoms. The zero-order valence-electron chi connectivity index (χ0n) is 29.1. The summed E-state index contributed by atoms with van der Waals surface area (Å²) in [5.41, 5.74) is -3.82. The van der Waals surface area contributed by atoms with Crippen LogP contribution >= 0.6 is 0 Å². The molecular weight excluding hydrogens is 723 g/mol. The minimum atomic E-state index is -5.21. The van der Waals surface area contributed by atoms with Crippen molar-refractivity contribution in [1.82, 2.24) is 19.7 Å². The Balaban J connectivity index is 1.48. The first-order valence-corrected chi connectivity index (χ1v) is 16.9. The quantitative estimate of drug-likeness (QED) is 0.244. The van der Waals surface area contributed by atoms with E-state index in [1.54, 1.807) is 6.07 Å². The highest BCUT2D eigenvalue weighted by Gasteiger charge is 2.61. The van der Waals surface area contributed by atoms with Gasteiger partial charge in [0, 0.05) is 36.9 Å². The van der Waals surface area contributed by atoms with Gasteiger partial charge in [0.25, 0.3) is 5.56 Å². The van der Waals surface area contributed by atoms with Gasteiger partial charge in [0.1, 0.15) is 11.5 Å². The number of aromatic nitrogens is 1. The van der Waals surface area contributed by atoms with Crippen LogP contribution in [0.25, 0.3) is 10.9 Å². The predicted octanol–water partition coefficient (Wildman–Crippen LogP) is 6.06. The Morgan fingerprint density at radius 3 is 2.25 bits per heavy atom. The van der Waals surface area contributed by atoms with E-state index in [-0.39, 0.29) is 29.3 Å². The molecule has 53 heavy (non-hydrogen) atoms.